The highest BCUT2D eigenvalue weighted by Crippen LogP contribution is 2.28. The van der Waals surface area contributed by atoms with Gasteiger partial charge in [0.2, 0.25) is 15.9 Å². The van der Waals surface area contributed by atoms with E-state index in [4.69, 9.17) is 16.3 Å². The lowest BCUT2D eigenvalue weighted by atomic mass is 9.98. The molecule has 0 unspecified atom stereocenters. The second kappa shape index (κ2) is 9.46. The maximum Gasteiger partial charge on any atom is 0.243 e. The Hall–Kier alpha value is -2.62. The van der Waals surface area contributed by atoms with Crippen LogP contribution in [0.3, 0.4) is 0 Å². The highest BCUT2D eigenvalue weighted by Gasteiger charge is 2.32. The number of rotatable bonds is 6. The monoisotopic (exact) mass is 451 g/mol. The SMILES string of the molecule is COc1cccc(/C=N\NC(=O)C2CCN(S(=O)(=O)c3ccc(Cl)cc3)CC2)c1O. The van der Waals surface area contributed by atoms with Crippen LogP contribution in [0.2, 0.25) is 5.02 Å². The molecule has 1 saturated heterocycles. The zero-order valence-electron chi connectivity index (χ0n) is 16.3. The molecule has 1 aliphatic rings. The van der Waals surface area contributed by atoms with E-state index >= 15 is 0 Å². The summed E-state index contributed by atoms with van der Waals surface area (Å²) in [6, 6.07) is 10.9. The van der Waals surface area contributed by atoms with Gasteiger partial charge in [-0.3, -0.25) is 4.79 Å². The van der Waals surface area contributed by atoms with Crippen molar-refractivity contribution in [3.8, 4) is 11.5 Å². The fourth-order valence-corrected chi connectivity index (χ4v) is 4.77. The van der Waals surface area contributed by atoms with E-state index in [9.17, 15) is 18.3 Å². The lowest BCUT2D eigenvalue weighted by Crippen LogP contribution is -2.42. The van der Waals surface area contributed by atoms with Crippen molar-refractivity contribution in [3.63, 3.8) is 0 Å². The predicted molar refractivity (Wildman–Crippen MR) is 113 cm³/mol. The molecule has 2 aromatic carbocycles. The number of para-hydroxylation sites is 1. The van der Waals surface area contributed by atoms with Crippen molar-refractivity contribution in [1.29, 1.82) is 0 Å². The van der Waals surface area contributed by atoms with Crippen molar-refractivity contribution < 1.29 is 23.1 Å². The first-order chi connectivity index (χ1) is 14.3. The summed E-state index contributed by atoms with van der Waals surface area (Å²) >= 11 is 5.82. The molecule has 10 heteroatoms. The van der Waals surface area contributed by atoms with Crippen molar-refractivity contribution in [2.45, 2.75) is 17.7 Å². The minimum absolute atomic E-state index is 0.0706. The van der Waals surface area contributed by atoms with E-state index in [-0.39, 0.29) is 35.6 Å². The van der Waals surface area contributed by atoms with E-state index in [2.05, 4.69) is 10.5 Å². The van der Waals surface area contributed by atoms with Gasteiger partial charge < -0.3 is 9.84 Å². The molecule has 160 valence electrons. The van der Waals surface area contributed by atoms with Crippen LogP contribution in [0.1, 0.15) is 18.4 Å². The van der Waals surface area contributed by atoms with Gasteiger partial charge in [-0.1, -0.05) is 17.7 Å². The molecule has 1 fully saturated rings. The molecule has 0 atom stereocenters. The number of hydrazone groups is 1. The summed E-state index contributed by atoms with van der Waals surface area (Å²) in [6.07, 6.45) is 2.10. The fraction of sp³-hybridized carbons (Fsp3) is 0.300. The second-order valence-corrected chi connectivity index (χ2v) is 9.14. The Kier molecular flexibility index (Phi) is 6.96. The van der Waals surface area contributed by atoms with Gasteiger partial charge in [0.1, 0.15) is 0 Å². The number of hydrogen-bond acceptors (Lipinski definition) is 6. The smallest absolute Gasteiger partial charge is 0.243 e. The molecular weight excluding hydrogens is 430 g/mol. The van der Waals surface area contributed by atoms with Crippen LogP contribution >= 0.6 is 11.6 Å². The third-order valence-corrected chi connectivity index (χ3v) is 7.07. The minimum Gasteiger partial charge on any atom is -0.504 e. The Morgan fingerprint density at radius 3 is 2.53 bits per heavy atom. The van der Waals surface area contributed by atoms with Gasteiger partial charge in [-0.15, -0.1) is 0 Å². The zero-order chi connectivity index (χ0) is 21.7. The van der Waals surface area contributed by atoms with E-state index < -0.39 is 10.0 Å². The normalized spacial score (nSPS) is 15.9. The van der Waals surface area contributed by atoms with Crippen LogP contribution in [-0.2, 0) is 14.8 Å². The van der Waals surface area contributed by atoms with Crippen LogP contribution in [0.4, 0.5) is 0 Å². The summed E-state index contributed by atoms with van der Waals surface area (Å²) in [6.45, 7) is 0.479. The van der Waals surface area contributed by atoms with Crippen molar-refractivity contribution in [2.75, 3.05) is 20.2 Å². The number of nitrogens with one attached hydrogen (secondary N) is 1. The van der Waals surface area contributed by atoms with Gasteiger partial charge in [0.15, 0.2) is 11.5 Å². The Morgan fingerprint density at radius 1 is 1.23 bits per heavy atom. The molecule has 8 nitrogen and oxygen atoms in total. The third-order valence-electron chi connectivity index (χ3n) is 4.90. The molecule has 2 aromatic rings. The quantitative estimate of drug-likeness (QED) is 0.518. The first-order valence-electron chi connectivity index (χ1n) is 9.27. The van der Waals surface area contributed by atoms with Crippen molar-refractivity contribution in [1.82, 2.24) is 9.73 Å². The van der Waals surface area contributed by atoms with Crippen molar-refractivity contribution in [3.05, 3.63) is 53.1 Å². The van der Waals surface area contributed by atoms with Crippen LogP contribution in [0, 0.1) is 5.92 Å². The Bertz CT molecular complexity index is 1030. The number of amides is 1. The van der Waals surface area contributed by atoms with E-state index in [1.165, 1.54) is 41.9 Å². The lowest BCUT2D eigenvalue weighted by Gasteiger charge is -2.30. The van der Waals surface area contributed by atoms with Crippen LogP contribution in [-0.4, -0.2) is 50.2 Å². The van der Waals surface area contributed by atoms with Crippen LogP contribution < -0.4 is 10.2 Å². The van der Waals surface area contributed by atoms with Crippen LogP contribution in [0.5, 0.6) is 11.5 Å². The number of methoxy groups -OCH3 is 1. The predicted octanol–water partition coefficient (Wildman–Crippen LogP) is 2.61. The first kappa shape index (κ1) is 22.1. The lowest BCUT2D eigenvalue weighted by molar-refractivity contribution is -0.126. The van der Waals surface area contributed by atoms with E-state index in [1.807, 2.05) is 0 Å². The summed E-state index contributed by atoms with van der Waals surface area (Å²) in [5.74, 6) is -0.409. The van der Waals surface area contributed by atoms with Gasteiger partial charge in [0.25, 0.3) is 0 Å². The summed E-state index contributed by atoms with van der Waals surface area (Å²) in [5.41, 5.74) is 2.85. The number of phenols is 1. The molecule has 0 saturated carbocycles. The van der Waals surface area contributed by atoms with E-state index in [0.717, 1.165) is 0 Å². The molecular formula is C20H22ClN3O5S. The van der Waals surface area contributed by atoms with Crippen LogP contribution in [0.25, 0.3) is 0 Å². The molecule has 1 aliphatic heterocycles. The molecule has 2 N–H and O–H groups in total. The number of carbonyl (C=O) groups excluding carboxylic acids is 1. The number of hydrogen-bond donors (Lipinski definition) is 2. The van der Waals surface area contributed by atoms with Gasteiger partial charge in [0.05, 0.1) is 18.2 Å². The number of carbonyl (C=O) groups is 1. The highest BCUT2D eigenvalue weighted by atomic mass is 35.5. The molecule has 3 rings (SSSR count). The van der Waals surface area contributed by atoms with Crippen molar-refractivity contribution >= 4 is 33.7 Å². The van der Waals surface area contributed by atoms with Crippen molar-refractivity contribution in [2.24, 2.45) is 11.0 Å². The highest BCUT2D eigenvalue weighted by molar-refractivity contribution is 7.89. The zero-order valence-corrected chi connectivity index (χ0v) is 17.9. The number of ether oxygens (including phenoxy) is 1. The molecule has 0 bridgehead atoms. The van der Waals surface area contributed by atoms with Gasteiger partial charge in [-0.25, -0.2) is 13.8 Å². The molecule has 30 heavy (non-hydrogen) atoms. The molecule has 0 radical (unpaired) electrons. The standard InChI is InChI=1S/C20H22ClN3O5S/c1-29-18-4-2-3-15(19(18)25)13-22-23-20(26)14-9-11-24(12-10-14)30(27,28)17-7-5-16(21)6-8-17/h2-8,13-14,25H,9-12H2,1H3,(H,23,26)/b22-13-. The number of aromatic hydroxyl groups is 1. The topological polar surface area (TPSA) is 108 Å². The number of halogens is 1. The van der Waals surface area contributed by atoms with Gasteiger partial charge in [-0.2, -0.15) is 9.41 Å². The molecule has 1 heterocycles. The van der Waals surface area contributed by atoms with Gasteiger partial charge in [-0.05, 0) is 49.2 Å². The third kappa shape index (κ3) is 4.92. The average molecular weight is 452 g/mol. The van der Waals surface area contributed by atoms with Crippen LogP contribution in [0.15, 0.2) is 52.5 Å². The van der Waals surface area contributed by atoms with Gasteiger partial charge in [0, 0.05) is 29.6 Å². The summed E-state index contributed by atoms with van der Waals surface area (Å²) < 4.78 is 31.8. The Labute approximate surface area is 180 Å². The maximum atomic E-state index is 12.7. The van der Waals surface area contributed by atoms with E-state index in [1.54, 1.807) is 18.2 Å². The fourth-order valence-electron chi connectivity index (χ4n) is 3.18. The summed E-state index contributed by atoms with van der Waals surface area (Å²) in [7, 11) is -2.18. The Balaban J connectivity index is 1.56. The maximum absolute atomic E-state index is 12.7. The summed E-state index contributed by atoms with van der Waals surface area (Å²) in [4.78, 5) is 12.5. The number of sulfonamides is 1. The van der Waals surface area contributed by atoms with E-state index in [0.29, 0.717) is 29.2 Å². The minimum atomic E-state index is -3.62. The number of benzene rings is 2. The largest absolute Gasteiger partial charge is 0.504 e. The first-order valence-corrected chi connectivity index (χ1v) is 11.1. The summed E-state index contributed by atoms with van der Waals surface area (Å²) in [5, 5.41) is 14.4. The second-order valence-electron chi connectivity index (χ2n) is 6.76. The Morgan fingerprint density at radius 2 is 1.90 bits per heavy atom. The van der Waals surface area contributed by atoms with Gasteiger partial charge >= 0.3 is 0 Å². The number of phenolic OH excluding ortho intramolecular Hbond substituents is 1. The molecule has 0 aromatic heterocycles. The molecule has 0 aliphatic carbocycles. The number of piperidine rings is 1. The molecule has 0 spiro atoms. The number of nitrogens with zero attached hydrogens (tertiary/aromatic N) is 2. The average Bonchev–Trinajstić information content (AvgIpc) is 2.75. The molecule has 1 amide bonds.